The lowest BCUT2D eigenvalue weighted by molar-refractivity contribution is 0.585. The van der Waals surface area contributed by atoms with Gasteiger partial charge in [0.1, 0.15) is 5.01 Å². The van der Waals surface area contributed by atoms with Gasteiger partial charge in [0.25, 0.3) is 0 Å². The van der Waals surface area contributed by atoms with Crippen LogP contribution in [0.15, 0.2) is 40.4 Å². The van der Waals surface area contributed by atoms with E-state index in [1.54, 1.807) is 28.0 Å². The van der Waals surface area contributed by atoms with Crippen LogP contribution in [-0.4, -0.2) is 28.6 Å². The van der Waals surface area contributed by atoms with Crippen molar-refractivity contribution in [3.05, 3.63) is 50.8 Å². The number of hydrogen-bond acceptors (Lipinski definition) is 4. The van der Waals surface area contributed by atoms with Crippen LogP contribution >= 0.6 is 35.3 Å². The molecule has 0 aliphatic heterocycles. The Bertz CT molecular complexity index is 713. The van der Waals surface area contributed by atoms with Crippen molar-refractivity contribution < 1.29 is 0 Å². The van der Waals surface area contributed by atoms with Crippen molar-refractivity contribution >= 4 is 41.3 Å². The zero-order valence-electron chi connectivity index (χ0n) is 14.7. The maximum atomic E-state index is 11.6. The van der Waals surface area contributed by atoms with Crippen molar-refractivity contribution in [2.45, 2.75) is 39.8 Å². The molecule has 0 saturated carbocycles. The summed E-state index contributed by atoms with van der Waals surface area (Å²) in [6, 6.07) is 5.24. The summed E-state index contributed by atoms with van der Waals surface area (Å²) in [5, 5.41) is 7.59. The molecule has 138 valence electrons. The summed E-state index contributed by atoms with van der Waals surface area (Å²) in [6.45, 7) is 7.08. The number of nitrogens with one attached hydrogen (secondary N) is 2. The lowest BCUT2D eigenvalue weighted by Gasteiger charge is -2.11. The van der Waals surface area contributed by atoms with Gasteiger partial charge in [0.2, 0.25) is 5.56 Å². The van der Waals surface area contributed by atoms with Gasteiger partial charge in [0, 0.05) is 43.0 Å². The minimum atomic E-state index is 0. The highest BCUT2D eigenvalue weighted by Gasteiger charge is 2.00. The van der Waals surface area contributed by atoms with E-state index >= 15 is 0 Å². The van der Waals surface area contributed by atoms with E-state index in [1.807, 2.05) is 32.3 Å². The zero-order valence-corrected chi connectivity index (χ0v) is 17.8. The van der Waals surface area contributed by atoms with Gasteiger partial charge in [-0.2, -0.15) is 0 Å². The molecule has 2 rings (SSSR count). The van der Waals surface area contributed by atoms with Gasteiger partial charge in [0.15, 0.2) is 5.96 Å². The third kappa shape index (κ3) is 8.00. The van der Waals surface area contributed by atoms with Gasteiger partial charge < -0.3 is 15.2 Å². The second-order valence-corrected chi connectivity index (χ2v) is 6.75. The highest BCUT2D eigenvalue weighted by atomic mass is 127. The predicted octanol–water partition coefficient (Wildman–Crippen LogP) is 2.77. The Balaban J connectivity index is 0.00000312. The van der Waals surface area contributed by atoms with E-state index < -0.39 is 0 Å². The largest absolute Gasteiger partial charge is 0.357 e. The molecule has 0 aliphatic carbocycles. The first-order valence-corrected chi connectivity index (χ1v) is 9.09. The fraction of sp³-hybridized carbons (Fsp3) is 0.471. The van der Waals surface area contributed by atoms with E-state index in [-0.39, 0.29) is 29.5 Å². The van der Waals surface area contributed by atoms with Gasteiger partial charge in [-0.15, -0.1) is 35.3 Å². The van der Waals surface area contributed by atoms with Gasteiger partial charge in [-0.25, -0.2) is 9.98 Å². The molecule has 0 unspecified atom stereocenters. The van der Waals surface area contributed by atoms with Crippen molar-refractivity contribution in [3.8, 4) is 0 Å². The van der Waals surface area contributed by atoms with E-state index in [9.17, 15) is 4.79 Å². The summed E-state index contributed by atoms with van der Waals surface area (Å²) in [5.41, 5.74) is 0.0547. The molecule has 0 aliphatic rings. The van der Waals surface area contributed by atoms with Crippen LogP contribution in [0.25, 0.3) is 0 Å². The van der Waals surface area contributed by atoms with Crippen molar-refractivity contribution in [1.82, 2.24) is 20.2 Å². The number of aryl methyl sites for hydroxylation is 2. The van der Waals surface area contributed by atoms with Crippen LogP contribution in [-0.2, 0) is 13.1 Å². The summed E-state index contributed by atoms with van der Waals surface area (Å²) in [4.78, 5) is 21.7. The van der Waals surface area contributed by atoms with Crippen LogP contribution in [0.4, 0.5) is 0 Å². The molecule has 0 saturated heterocycles. The molecule has 0 spiro atoms. The van der Waals surface area contributed by atoms with Gasteiger partial charge in [-0.1, -0.05) is 6.07 Å². The van der Waals surface area contributed by atoms with Gasteiger partial charge in [0.05, 0.1) is 6.54 Å². The summed E-state index contributed by atoms with van der Waals surface area (Å²) in [7, 11) is 0. The highest BCUT2D eigenvalue weighted by Crippen LogP contribution is 2.11. The fourth-order valence-electron chi connectivity index (χ4n) is 2.22. The minimum absolute atomic E-state index is 0. The standard InChI is InChI=1S/C17H25N5OS.HI/c1-3-18-17(21-13-15-20-12-14(2)24-15)19-9-5-7-11-22-10-6-4-8-16(22)23;/h4,6,8,10,12H,3,5,7,9,11,13H2,1-2H3,(H2,18,19,21);1H. The quantitative estimate of drug-likeness (QED) is 0.267. The summed E-state index contributed by atoms with van der Waals surface area (Å²) in [6.07, 6.45) is 5.63. The first kappa shape index (κ1) is 21.6. The average molecular weight is 475 g/mol. The molecule has 0 amide bonds. The molecule has 0 fully saturated rings. The number of thiazole rings is 1. The van der Waals surface area contributed by atoms with Crippen molar-refractivity contribution in [2.24, 2.45) is 4.99 Å². The highest BCUT2D eigenvalue weighted by molar-refractivity contribution is 14.0. The Morgan fingerprint density at radius 2 is 2.16 bits per heavy atom. The smallest absolute Gasteiger partial charge is 0.250 e. The van der Waals surface area contributed by atoms with Crippen molar-refractivity contribution in [3.63, 3.8) is 0 Å². The van der Waals surface area contributed by atoms with Gasteiger partial charge in [-0.05, 0) is 32.8 Å². The van der Waals surface area contributed by atoms with Crippen LogP contribution in [0.5, 0.6) is 0 Å². The molecule has 2 N–H and O–H groups in total. The molecule has 6 nitrogen and oxygen atoms in total. The molecule has 0 bridgehead atoms. The Hall–Kier alpha value is -1.42. The maximum Gasteiger partial charge on any atom is 0.250 e. The molecule has 2 aromatic rings. The fourth-order valence-corrected chi connectivity index (χ4v) is 2.93. The zero-order chi connectivity index (χ0) is 17.2. The van der Waals surface area contributed by atoms with Crippen LogP contribution in [0, 0.1) is 6.92 Å². The van der Waals surface area contributed by atoms with Crippen molar-refractivity contribution in [1.29, 1.82) is 0 Å². The molecule has 8 heteroatoms. The molecule has 2 heterocycles. The van der Waals surface area contributed by atoms with E-state index in [4.69, 9.17) is 0 Å². The number of nitrogens with zero attached hydrogens (tertiary/aromatic N) is 3. The second kappa shape index (κ2) is 12.0. The molecule has 0 aromatic carbocycles. The minimum Gasteiger partial charge on any atom is -0.357 e. The lowest BCUT2D eigenvalue weighted by Crippen LogP contribution is -2.37. The van der Waals surface area contributed by atoms with E-state index in [0.717, 1.165) is 43.4 Å². The Kier molecular flexibility index (Phi) is 10.4. The monoisotopic (exact) mass is 475 g/mol. The Morgan fingerprint density at radius 3 is 2.84 bits per heavy atom. The van der Waals surface area contributed by atoms with Crippen LogP contribution in [0.2, 0.25) is 0 Å². The van der Waals surface area contributed by atoms with E-state index in [2.05, 4.69) is 20.6 Å². The molecule has 2 aromatic heterocycles. The van der Waals surface area contributed by atoms with Crippen LogP contribution < -0.4 is 16.2 Å². The maximum absolute atomic E-state index is 11.6. The molecular formula is C17H26IN5OS. The third-order valence-corrected chi connectivity index (χ3v) is 4.30. The molecule has 25 heavy (non-hydrogen) atoms. The number of halogens is 1. The first-order valence-electron chi connectivity index (χ1n) is 8.28. The van der Waals surface area contributed by atoms with E-state index in [1.165, 1.54) is 4.88 Å². The van der Waals surface area contributed by atoms with Crippen LogP contribution in [0.3, 0.4) is 0 Å². The Labute approximate surface area is 169 Å². The number of hydrogen-bond donors (Lipinski definition) is 2. The van der Waals surface area contributed by atoms with E-state index in [0.29, 0.717) is 6.54 Å². The van der Waals surface area contributed by atoms with Crippen LogP contribution in [0.1, 0.15) is 29.7 Å². The predicted molar refractivity (Wildman–Crippen MR) is 115 cm³/mol. The molecule has 0 atom stereocenters. The van der Waals surface area contributed by atoms with Crippen molar-refractivity contribution in [2.75, 3.05) is 13.1 Å². The number of guanidine groups is 1. The summed E-state index contributed by atoms with van der Waals surface area (Å²) >= 11 is 1.67. The SMILES string of the molecule is CCNC(=NCc1ncc(C)s1)NCCCCn1ccccc1=O.I. The number of unbranched alkanes of at least 4 members (excludes halogenated alkanes) is 1. The number of aromatic nitrogens is 2. The number of aliphatic imine (C=N–C) groups is 1. The first-order chi connectivity index (χ1) is 11.7. The lowest BCUT2D eigenvalue weighted by atomic mass is 10.3. The number of rotatable bonds is 8. The number of pyridine rings is 1. The average Bonchev–Trinajstić information content (AvgIpc) is 2.99. The topological polar surface area (TPSA) is 71.3 Å². The second-order valence-electron chi connectivity index (χ2n) is 5.43. The summed E-state index contributed by atoms with van der Waals surface area (Å²) in [5.74, 6) is 0.808. The normalized spacial score (nSPS) is 11.0. The Morgan fingerprint density at radius 1 is 1.32 bits per heavy atom. The summed E-state index contributed by atoms with van der Waals surface area (Å²) < 4.78 is 1.74. The molecule has 0 radical (unpaired) electrons. The van der Waals surface area contributed by atoms with Gasteiger partial charge >= 0.3 is 0 Å². The third-order valence-electron chi connectivity index (χ3n) is 3.40. The van der Waals surface area contributed by atoms with Gasteiger partial charge in [-0.3, -0.25) is 4.79 Å². The molecular weight excluding hydrogens is 449 g/mol.